The topological polar surface area (TPSA) is 12.0 Å². The van der Waals surface area contributed by atoms with Crippen LogP contribution in [0.5, 0.6) is 0 Å². The van der Waals surface area contributed by atoms with E-state index < -0.39 is 0 Å². The first-order valence-electron chi connectivity index (χ1n) is 6.71. The molecule has 0 radical (unpaired) electrons. The highest BCUT2D eigenvalue weighted by Gasteiger charge is 2.34. The molecule has 15 heavy (non-hydrogen) atoms. The molecule has 0 bridgehead atoms. The van der Waals surface area contributed by atoms with Gasteiger partial charge in [0.25, 0.3) is 0 Å². The molecule has 0 aromatic carbocycles. The highest BCUT2D eigenvalue weighted by atomic mass is 15.0. The largest absolute Gasteiger partial charge is 0.311 e. The van der Waals surface area contributed by atoms with E-state index in [-0.39, 0.29) is 0 Å². The molecular formula is C14H29N. The van der Waals surface area contributed by atoms with Gasteiger partial charge in [-0.25, -0.2) is 0 Å². The van der Waals surface area contributed by atoms with Crippen molar-refractivity contribution in [2.45, 2.75) is 78.8 Å². The molecule has 1 nitrogen and oxygen atoms in total. The Bertz CT molecular complexity index is 180. The molecule has 3 atom stereocenters. The lowest BCUT2D eigenvalue weighted by Gasteiger charge is -2.42. The molecule has 1 aliphatic carbocycles. The quantitative estimate of drug-likeness (QED) is 0.744. The van der Waals surface area contributed by atoms with Crippen LogP contribution >= 0.6 is 0 Å². The van der Waals surface area contributed by atoms with Crippen LogP contribution in [-0.2, 0) is 0 Å². The first kappa shape index (κ1) is 13.0. The molecule has 0 heterocycles. The van der Waals surface area contributed by atoms with E-state index in [4.69, 9.17) is 0 Å². The Morgan fingerprint density at radius 1 is 1.20 bits per heavy atom. The molecular weight excluding hydrogens is 182 g/mol. The monoisotopic (exact) mass is 211 g/mol. The van der Waals surface area contributed by atoms with E-state index in [1.54, 1.807) is 0 Å². The van der Waals surface area contributed by atoms with Crippen molar-refractivity contribution in [2.24, 2.45) is 11.3 Å². The summed E-state index contributed by atoms with van der Waals surface area (Å²) >= 11 is 0. The fraction of sp³-hybridized carbons (Fsp3) is 1.00. The van der Waals surface area contributed by atoms with Crippen molar-refractivity contribution < 1.29 is 0 Å². The molecule has 1 heteroatoms. The van der Waals surface area contributed by atoms with Crippen molar-refractivity contribution in [1.82, 2.24) is 5.32 Å². The summed E-state index contributed by atoms with van der Waals surface area (Å²) in [5.41, 5.74) is 0.464. The lowest BCUT2D eigenvalue weighted by Crippen LogP contribution is -2.47. The van der Waals surface area contributed by atoms with Crippen LogP contribution < -0.4 is 5.32 Å². The van der Waals surface area contributed by atoms with Crippen molar-refractivity contribution in [1.29, 1.82) is 0 Å². The van der Waals surface area contributed by atoms with Crippen molar-refractivity contribution in [3.63, 3.8) is 0 Å². The van der Waals surface area contributed by atoms with Crippen LogP contribution in [0.15, 0.2) is 0 Å². The van der Waals surface area contributed by atoms with Gasteiger partial charge in [0, 0.05) is 12.1 Å². The van der Waals surface area contributed by atoms with Crippen molar-refractivity contribution in [2.75, 3.05) is 0 Å². The van der Waals surface area contributed by atoms with E-state index in [1.807, 2.05) is 0 Å². The summed E-state index contributed by atoms with van der Waals surface area (Å²) in [4.78, 5) is 0. The van der Waals surface area contributed by atoms with Gasteiger partial charge >= 0.3 is 0 Å². The lowest BCUT2D eigenvalue weighted by atomic mass is 9.69. The van der Waals surface area contributed by atoms with Crippen LogP contribution in [0.25, 0.3) is 0 Å². The molecule has 1 fully saturated rings. The molecule has 1 aliphatic rings. The smallest absolute Gasteiger partial charge is 0.0103 e. The lowest BCUT2D eigenvalue weighted by molar-refractivity contribution is 0.124. The van der Waals surface area contributed by atoms with Gasteiger partial charge in [-0.05, 0) is 37.5 Å². The van der Waals surface area contributed by atoms with Gasteiger partial charge in [0.2, 0.25) is 0 Å². The van der Waals surface area contributed by atoms with E-state index in [2.05, 4.69) is 39.9 Å². The number of rotatable bonds is 3. The van der Waals surface area contributed by atoms with E-state index in [1.165, 1.54) is 32.1 Å². The van der Waals surface area contributed by atoms with Crippen LogP contribution in [0.1, 0.15) is 66.7 Å². The third kappa shape index (κ3) is 3.79. The number of nitrogens with one attached hydrogen (secondary N) is 1. The summed E-state index contributed by atoms with van der Waals surface area (Å²) in [6.07, 6.45) is 6.89. The second kappa shape index (κ2) is 5.34. The standard InChI is InChI=1S/C14H29N/c1-6-11(2)15-13-10-8-7-9-12(13)14(3,4)5/h11-13,15H,6-10H2,1-5H3. The highest BCUT2D eigenvalue weighted by Crippen LogP contribution is 2.38. The second-order valence-corrected chi connectivity index (χ2v) is 6.34. The summed E-state index contributed by atoms with van der Waals surface area (Å²) < 4.78 is 0. The Hall–Kier alpha value is -0.0400. The maximum Gasteiger partial charge on any atom is 0.0103 e. The minimum absolute atomic E-state index is 0.464. The zero-order chi connectivity index (χ0) is 11.5. The third-order valence-electron chi connectivity index (χ3n) is 3.99. The Kier molecular flexibility index (Phi) is 4.64. The molecule has 90 valence electrons. The Morgan fingerprint density at radius 2 is 1.80 bits per heavy atom. The summed E-state index contributed by atoms with van der Waals surface area (Å²) in [7, 11) is 0. The molecule has 0 saturated heterocycles. The molecule has 0 spiro atoms. The summed E-state index contributed by atoms with van der Waals surface area (Å²) in [6.45, 7) is 11.8. The van der Waals surface area contributed by atoms with Crippen LogP contribution in [0.2, 0.25) is 0 Å². The second-order valence-electron chi connectivity index (χ2n) is 6.34. The zero-order valence-corrected chi connectivity index (χ0v) is 11.3. The van der Waals surface area contributed by atoms with Crippen LogP contribution in [0.4, 0.5) is 0 Å². The molecule has 1 rings (SSSR count). The molecule has 1 N–H and O–H groups in total. The Balaban J connectivity index is 2.58. The predicted molar refractivity (Wildman–Crippen MR) is 68.1 cm³/mol. The van der Waals surface area contributed by atoms with Crippen LogP contribution in [0, 0.1) is 11.3 Å². The number of hydrogen-bond donors (Lipinski definition) is 1. The molecule has 0 amide bonds. The zero-order valence-electron chi connectivity index (χ0n) is 11.3. The molecule has 0 aromatic rings. The first-order chi connectivity index (χ1) is 6.95. The van der Waals surface area contributed by atoms with E-state index >= 15 is 0 Å². The predicted octanol–water partition coefficient (Wildman–Crippen LogP) is 3.98. The van der Waals surface area contributed by atoms with E-state index in [9.17, 15) is 0 Å². The average molecular weight is 211 g/mol. The normalized spacial score (nSPS) is 30.2. The number of hydrogen-bond acceptors (Lipinski definition) is 1. The minimum atomic E-state index is 0.464. The van der Waals surface area contributed by atoms with Crippen molar-refractivity contribution >= 4 is 0 Å². The van der Waals surface area contributed by atoms with Gasteiger partial charge in [-0.2, -0.15) is 0 Å². The van der Waals surface area contributed by atoms with Gasteiger partial charge < -0.3 is 5.32 Å². The van der Waals surface area contributed by atoms with Crippen molar-refractivity contribution in [3.05, 3.63) is 0 Å². The summed E-state index contributed by atoms with van der Waals surface area (Å²) in [5, 5.41) is 3.83. The van der Waals surface area contributed by atoms with Crippen LogP contribution in [0.3, 0.4) is 0 Å². The third-order valence-corrected chi connectivity index (χ3v) is 3.99. The van der Waals surface area contributed by atoms with Gasteiger partial charge in [0.05, 0.1) is 0 Å². The molecule has 0 aliphatic heterocycles. The van der Waals surface area contributed by atoms with E-state index in [0.717, 1.165) is 12.0 Å². The minimum Gasteiger partial charge on any atom is -0.311 e. The Labute approximate surface area is 96.0 Å². The van der Waals surface area contributed by atoms with Crippen molar-refractivity contribution in [3.8, 4) is 0 Å². The van der Waals surface area contributed by atoms with Crippen LogP contribution in [-0.4, -0.2) is 12.1 Å². The summed E-state index contributed by atoms with van der Waals surface area (Å²) in [6, 6.07) is 1.44. The maximum atomic E-state index is 3.83. The summed E-state index contributed by atoms with van der Waals surface area (Å²) in [5.74, 6) is 0.861. The first-order valence-corrected chi connectivity index (χ1v) is 6.71. The van der Waals surface area contributed by atoms with Gasteiger partial charge in [0.1, 0.15) is 0 Å². The SMILES string of the molecule is CCC(C)NC1CCCCC1C(C)(C)C. The molecule has 1 saturated carbocycles. The highest BCUT2D eigenvalue weighted by molar-refractivity contribution is 4.89. The van der Waals surface area contributed by atoms with E-state index in [0.29, 0.717) is 11.5 Å². The fourth-order valence-corrected chi connectivity index (χ4v) is 2.85. The average Bonchev–Trinajstić information content (AvgIpc) is 2.17. The van der Waals surface area contributed by atoms with Gasteiger partial charge in [0.15, 0.2) is 0 Å². The van der Waals surface area contributed by atoms with Gasteiger partial charge in [-0.1, -0.05) is 40.5 Å². The molecule has 0 aromatic heterocycles. The molecule has 3 unspecified atom stereocenters. The Morgan fingerprint density at radius 3 is 2.33 bits per heavy atom. The maximum absolute atomic E-state index is 3.83. The fourth-order valence-electron chi connectivity index (χ4n) is 2.85. The van der Waals surface area contributed by atoms with Gasteiger partial charge in [-0.15, -0.1) is 0 Å². The van der Waals surface area contributed by atoms with Gasteiger partial charge in [-0.3, -0.25) is 0 Å².